The number of amides is 1. The van der Waals surface area contributed by atoms with Gasteiger partial charge in [-0.15, -0.1) is 0 Å². The first-order valence-corrected chi connectivity index (χ1v) is 9.23. The number of nitrogens with zero attached hydrogens (tertiary/aromatic N) is 1. The molecular formula is C23H20N2O3. The number of nitro groups is 1. The van der Waals surface area contributed by atoms with Crippen molar-refractivity contribution in [3.05, 3.63) is 112 Å². The van der Waals surface area contributed by atoms with Gasteiger partial charge >= 0.3 is 0 Å². The van der Waals surface area contributed by atoms with Gasteiger partial charge in [0.15, 0.2) is 0 Å². The predicted octanol–water partition coefficient (Wildman–Crippen LogP) is 4.18. The number of rotatable bonds is 6. The maximum Gasteiger partial charge on any atom is 0.236 e. The van der Waals surface area contributed by atoms with E-state index in [1.54, 1.807) is 0 Å². The van der Waals surface area contributed by atoms with E-state index in [9.17, 15) is 14.9 Å². The molecule has 5 heteroatoms. The summed E-state index contributed by atoms with van der Waals surface area (Å²) < 4.78 is 0. The molecule has 1 N–H and O–H groups in total. The molecule has 0 fully saturated rings. The van der Waals surface area contributed by atoms with Crippen LogP contribution < -0.4 is 5.32 Å². The molecule has 0 saturated heterocycles. The quantitative estimate of drug-likeness (QED) is 0.521. The average Bonchev–Trinajstić information content (AvgIpc) is 2.99. The normalized spacial score (nSPS) is 18.9. The Morgan fingerprint density at radius 3 is 2.18 bits per heavy atom. The number of hydrogen-bond donors (Lipinski definition) is 1. The van der Waals surface area contributed by atoms with Crippen molar-refractivity contribution in [2.45, 2.75) is 17.8 Å². The molecule has 1 amide bonds. The van der Waals surface area contributed by atoms with Gasteiger partial charge in [-0.25, -0.2) is 0 Å². The van der Waals surface area contributed by atoms with Gasteiger partial charge < -0.3 is 5.32 Å². The fourth-order valence-corrected chi connectivity index (χ4v) is 4.28. The maximum atomic E-state index is 13.4. The Bertz CT molecular complexity index is 1000. The van der Waals surface area contributed by atoms with Crippen LogP contribution >= 0.6 is 0 Å². The van der Waals surface area contributed by atoms with Crippen molar-refractivity contribution < 1.29 is 9.72 Å². The second-order valence-electron chi connectivity index (χ2n) is 7.11. The second-order valence-corrected chi connectivity index (χ2v) is 7.11. The zero-order valence-corrected chi connectivity index (χ0v) is 15.2. The molecule has 140 valence electrons. The Labute approximate surface area is 163 Å². The van der Waals surface area contributed by atoms with Crippen LogP contribution in [0, 0.1) is 10.1 Å². The Morgan fingerprint density at radius 2 is 1.50 bits per heavy atom. The summed E-state index contributed by atoms with van der Waals surface area (Å²) in [6, 6.07) is 26.5. The van der Waals surface area contributed by atoms with E-state index in [1.807, 2.05) is 84.9 Å². The van der Waals surface area contributed by atoms with Crippen molar-refractivity contribution in [1.82, 2.24) is 0 Å². The zero-order chi connectivity index (χ0) is 19.6. The Balaban J connectivity index is 1.94. The number of anilines is 1. The molecule has 1 aliphatic rings. The number of para-hydroxylation sites is 1. The predicted molar refractivity (Wildman–Crippen MR) is 108 cm³/mol. The second kappa shape index (κ2) is 7.27. The number of hydrogen-bond acceptors (Lipinski definition) is 3. The Kier molecular flexibility index (Phi) is 4.65. The Hall–Kier alpha value is -3.47. The zero-order valence-electron chi connectivity index (χ0n) is 15.2. The first kappa shape index (κ1) is 17.9. The van der Waals surface area contributed by atoms with Gasteiger partial charge in [0.2, 0.25) is 12.5 Å². The monoisotopic (exact) mass is 372 g/mol. The number of carbonyl (C=O) groups is 1. The molecule has 0 spiro atoms. The molecule has 4 rings (SSSR count). The summed E-state index contributed by atoms with van der Waals surface area (Å²) >= 11 is 0. The van der Waals surface area contributed by atoms with Gasteiger partial charge in [-0.05, 0) is 29.2 Å². The first-order valence-electron chi connectivity index (χ1n) is 9.23. The summed E-state index contributed by atoms with van der Waals surface area (Å²) in [5.41, 5.74) is 2.26. The SMILES string of the molecule is O=C1Nc2ccccc2[C@@]1(Cc1ccccc1)[C@@H](C[N+](=O)[O-])c1ccccc1. The van der Waals surface area contributed by atoms with Crippen molar-refractivity contribution in [2.24, 2.45) is 0 Å². The average molecular weight is 372 g/mol. The largest absolute Gasteiger partial charge is 0.325 e. The van der Waals surface area contributed by atoms with Crippen LogP contribution in [0.1, 0.15) is 22.6 Å². The van der Waals surface area contributed by atoms with E-state index in [0.29, 0.717) is 6.42 Å². The third-order valence-electron chi connectivity index (χ3n) is 5.52. The standard InChI is InChI=1S/C23H20N2O3/c26-22-23(15-17-9-3-1-4-10-17,19-13-7-8-14-21(19)24-22)20(16-25(27)28)18-11-5-2-6-12-18/h1-14,20H,15-16H2,(H,24,26)/t20-,23-/m0/s1. The van der Waals surface area contributed by atoms with Gasteiger partial charge in [-0.2, -0.15) is 0 Å². The van der Waals surface area contributed by atoms with Gasteiger partial charge in [0.05, 0.1) is 11.3 Å². The van der Waals surface area contributed by atoms with Crippen molar-refractivity contribution in [3.63, 3.8) is 0 Å². The molecule has 2 atom stereocenters. The third-order valence-corrected chi connectivity index (χ3v) is 5.52. The van der Waals surface area contributed by atoms with Gasteiger partial charge in [-0.1, -0.05) is 78.9 Å². The summed E-state index contributed by atoms with van der Waals surface area (Å²) in [5.74, 6) is -0.777. The minimum atomic E-state index is -1.05. The van der Waals surface area contributed by atoms with Crippen molar-refractivity contribution in [1.29, 1.82) is 0 Å². The van der Waals surface area contributed by atoms with Gasteiger partial charge in [-0.3, -0.25) is 14.9 Å². The molecule has 0 unspecified atom stereocenters. The molecule has 0 bridgehead atoms. The number of nitrogens with one attached hydrogen (secondary N) is 1. The third kappa shape index (κ3) is 3.05. The lowest BCUT2D eigenvalue weighted by Gasteiger charge is -2.34. The van der Waals surface area contributed by atoms with E-state index in [4.69, 9.17) is 0 Å². The van der Waals surface area contributed by atoms with Crippen molar-refractivity contribution >= 4 is 11.6 Å². The first-order chi connectivity index (χ1) is 13.6. The molecular weight excluding hydrogens is 352 g/mol. The minimum absolute atomic E-state index is 0.187. The van der Waals surface area contributed by atoms with Gasteiger partial charge in [0.1, 0.15) is 0 Å². The molecule has 1 aliphatic heterocycles. The lowest BCUT2D eigenvalue weighted by atomic mass is 9.65. The molecule has 0 radical (unpaired) electrons. The Morgan fingerprint density at radius 1 is 0.893 bits per heavy atom. The van der Waals surface area contributed by atoms with E-state index in [-0.39, 0.29) is 17.4 Å². The van der Waals surface area contributed by atoms with Crippen LogP contribution in [0.5, 0.6) is 0 Å². The summed E-state index contributed by atoms with van der Waals surface area (Å²) in [6.07, 6.45) is 0.393. The number of fused-ring (bicyclic) bond motifs is 1. The fraction of sp³-hybridized carbons (Fsp3) is 0.174. The highest BCUT2D eigenvalue weighted by Crippen LogP contribution is 2.49. The molecule has 0 aromatic heterocycles. The van der Waals surface area contributed by atoms with Gasteiger partial charge in [0.25, 0.3) is 0 Å². The molecule has 1 heterocycles. The summed E-state index contributed by atoms with van der Waals surface area (Å²) in [6.45, 7) is -0.321. The molecule has 5 nitrogen and oxygen atoms in total. The van der Waals surface area contributed by atoms with E-state index >= 15 is 0 Å². The highest BCUT2D eigenvalue weighted by molar-refractivity contribution is 6.07. The minimum Gasteiger partial charge on any atom is -0.325 e. The molecule has 0 aliphatic carbocycles. The highest BCUT2D eigenvalue weighted by atomic mass is 16.6. The summed E-state index contributed by atoms with van der Waals surface area (Å²) in [7, 11) is 0. The number of benzene rings is 3. The van der Waals surface area contributed by atoms with Crippen LogP contribution in [0.3, 0.4) is 0 Å². The van der Waals surface area contributed by atoms with E-state index in [2.05, 4.69) is 5.32 Å². The highest BCUT2D eigenvalue weighted by Gasteiger charge is 2.54. The van der Waals surface area contributed by atoms with E-state index in [1.165, 1.54) is 0 Å². The van der Waals surface area contributed by atoms with E-state index in [0.717, 1.165) is 22.4 Å². The van der Waals surface area contributed by atoms with Crippen LogP contribution in [-0.4, -0.2) is 17.4 Å². The molecule has 0 saturated carbocycles. The topological polar surface area (TPSA) is 72.2 Å². The molecule has 28 heavy (non-hydrogen) atoms. The lowest BCUT2D eigenvalue weighted by Crippen LogP contribution is -2.45. The summed E-state index contributed by atoms with van der Waals surface area (Å²) in [4.78, 5) is 24.7. The molecule has 3 aromatic carbocycles. The molecule has 3 aromatic rings. The van der Waals surface area contributed by atoms with Gasteiger partial charge in [0, 0.05) is 10.6 Å². The van der Waals surface area contributed by atoms with Crippen LogP contribution in [0.15, 0.2) is 84.9 Å². The van der Waals surface area contributed by atoms with E-state index < -0.39 is 11.3 Å². The maximum absolute atomic E-state index is 13.4. The van der Waals surface area contributed by atoms with Crippen LogP contribution in [-0.2, 0) is 16.6 Å². The number of carbonyl (C=O) groups excluding carboxylic acids is 1. The lowest BCUT2D eigenvalue weighted by molar-refractivity contribution is -0.485. The summed E-state index contributed by atoms with van der Waals surface area (Å²) in [5, 5.41) is 14.6. The fourth-order valence-electron chi connectivity index (χ4n) is 4.28. The van der Waals surface area contributed by atoms with Crippen LogP contribution in [0.2, 0.25) is 0 Å². The van der Waals surface area contributed by atoms with Crippen molar-refractivity contribution in [2.75, 3.05) is 11.9 Å². The van der Waals surface area contributed by atoms with Crippen molar-refractivity contribution in [3.8, 4) is 0 Å². The van der Waals surface area contributed by atoms with Crippen LogP contribution in [0.25, 0.3) is 0 Å². The smallest absolute Gasteiger partial charge is 0.236 e. The van der Waals surface area contributed by atoms with Crippen LogP contribution in [0.4, 0.5) is 5.69 Å².